The number of halogens is 1. The largest absolute Gasteiger partial charge is 0.334 e. The second-order valence-electron chi connectivity index (χ2n) is 5.21. The number of amides is 1. The highest BCUT2D eigenvalue weighted by molar-refractivity contribution is 6.17. The molecule has 0 bridgehead atoms. The van der Waals surface area contributed by atoms with Crippen LogP contribution in [0.2, 0.25) is 0 Å². The first-order chi connectivity index (χ1) is 8.04. The van der Waals surface area contributed by atoms with Crippen molar-refractivity contribution in [3.63, 3.8) is 0 Å². The van der Waals surface area contributed by atoms with Crippen LogP contribution in [-0.2, 0) is 5.88 Å². The summed E-state index contributed by atoms with van der Waals surface area (Å²) in [6.45, 7) is 5.11. The van der Waals surface area contributed by atoms with Crippen molar-refractivity contribution in [3.05, 3.63) is 35.4 Å². The predicted octanol–water partition coefficient (Wildman–Crippen LogP) is 3.44. The highest BCUT2D eigenvalue weighted by Gasteiger charge is 2.35. The lowest BCUT2D eigenvalue weighted by molar-refractivity contribution is 0.0652. The van der Waals surface area contributed by atoms with Crippen molar-refractivity contribution >= 4 is 17.5 Å². The van der Waals surface area contributed by atoms with E-state index in [0.29, 0.717) is 5.88 Å². The van der Waals surface area contributed by atoms with Gasteiger partial charge >= 0.3 is 0 Å². The van der Waals surface area contributed by atoms with Crippen LogP contribution in [0.5, 0.6) is 0 Å². The quantitative estimate of drug-likeness (QED) is 0.738. The molecule has 3 heteroatoms. The first-order valence-corrected chi connectivity index (χ1v) is 6.55. The summed E-state index contributed by atoms with van der Waals surface area (Å²) in [6.07, 6.45) is 2.17. The van der Waals surface area contributed by atoms with Crippen molar-refractivity contribution in [1.82, 2.24) is 4.90 Å². The number of rotatable bonds is 2. The Labute approximate surface area is 108 Å². The van der Waals surface area contributed by atoms with Crippen LogP contribution < -0.4 is 0 Å². The van der Waals surface area contributed by atoms with Crippen LogP contribution in [0.15, 0.2) is 24.3 Å². The zero-order valence-electron chi connectivity index (χ0n) is 10.4. The van der Waals surface area contributed by atoms with Crippen molar-refractivity contribution in [2.24, 2.45) is 0 Å². The van der Waals surface area contributed by atoms with Gasteiger partial charge in [-0.1, -0.05) is 12.1 Å². The van der Waals surface area contributed by atoms with Crippen molar-refractivity contribution in [2.75, 3.05) is 6.54 Å². The van der Waals surface area contributed by atoms with Gasteiger partial charge in [-0.05, 0) is 44.4 Å². The first kappa shape index (κ1) is 12.4. The highest BCUT2D eigenvalue weighted by atomic mass is 35.5. The third kappa shape index (κ3) is 2.47. The Balaban J connectivity index is 2.25. The fourth-order valence-electron chi connectivity index (χ4n) is 2.43. The van der Waals surface area contributed by atoms with E-state index >= 15 is 0 Å². The molecule has 0 atom stereocenters. The van der Waals surface area contributed by atoms with Gasteiger partial charge < -0.3 is 4.90 Å². The summed E-state index contributed by atoms with van der Waals surface area (Å²) >= 11 is 5.79. The number of carbonyl (C=O) groups excluding carboxylic acids is 1. The third-order valence-corrected chi connectivity index (χ3v) is 3.78. The molecular formula is C14H18ClNO. The van der Waals surface area contributed by atoms with Gasteiger partial charge in [0.2, 0.25) is 0 Å². The van der Waals surface area contributed by atoms with Crippen molar-refractivity contribution in [3.8, 4) is 0 Å². The van der Waals surface area contributed by atoms with E-state index in [9.17, 15) is 4.79 Å². The summed E-state index contributed by atoms with van der Waals surface area (Å²) in [5.41, 5.74) is 1.72. The molecule has 0 aromatic heterocycles. The molecule has 0 radical (unpaired) electrons. The smallest absolute Gasteiger partial charge is 0.254 e. The zero-order chi connectivity index (χ0) is 12.5. The van der Waals surface area contributed by atoms with Gasteiger partial charge in [0.05, 0.1) is 0 Å². The number of benzene rings is 1. The maximum atomic E-state index is 12.4. The van der Waals surface area contributed by atoms with E-state index in [4.69, 9.17) is 11.6 Å². The molecule has 0 spiro atoms. The number of hydrogen-bond donors (Lipinski definition) is 0. The summed E-state index contributed by atoms with van der Waals surface area (Å²) in [4.78, 5) is 14.4. The second-order valence-corrected chi connectivity index (χ2v) is 5.47. The Hall–Kier alpha value is -1.02. The van der Waals surface area contributed by atoms with Gasteiger partial charge in [0.1, 0.15) is 0 Å². The van der Waals surface area contributed by atoms with Gasteiger partial charge in [-0.3, -0.25) is 4.79 Å². The van der Waals surface area contributed by atoms with Crippen LogP contribution in [0.3, 0.4) is 0 Å². The SMILES string of the molecule is CC1(C)CCCN1C(=O)c1cccc(CCl)c1. The summed E-state index contributed by atoms with van der Waals surface area (Å²) in [7, 11) is 0. The fourth-order valence-corrected chi connectivity index (χ4v) is 2.59. The van der Waals surface area contributed by atoms with Gasteiger partial charge in [0.25, 0.3) is 5.91 Å². The number of hydrogen-bond acceptors (Lipinski definition) is 1. The van der Waals surface area contributed by atoms with Gasteiger partial charge in [0, 0.05) is 23.5 Å². The third-order valence-electron chi connectivity index (χ3n) is 3.47. The average Bonchev–Trinajstić information content (AvgIpc) is 2.68. The molecule has 2 nitrogen and oxygen atoms in total. The van der Waals surface area contributed by atoms with Crippen LogP contribution in [0.4, 0.5) is 0 Å². The molecule has 1 fully saturated rings. The standard InChI is InChI=1S/C14H18ClNO/c1-14(2)7-4-8-16(14)13(17)12-6-3-5-11(9-12)10-15/h3,5-6,9H,4,7-8,10H2,1-2H3. The van der Waals surface area contributed by atoms with Gasteiger partial charge in [-0.25, -0.2) is 0 Å². The molecule has 92 valence electrons. The summed E-state index contributed by atoms with van der Waals surface area (Å²) < 4.78 is 0. The Morgan fingerprint density at radius 2 is 2.24 bits per heavy atom. The fraction of sp³-hybridized carbons (Fsp3) is 0.500. The monoisotopic (exact) mass is 251 g/mol. The highest BCUT2D eigenvalue weighted by Crippen LogP contribution is 2.29. The molecule has 1 aromatic carbocycles. The van der Waals surface area contributed by atoms with Crippen molar-refractivity contribution in [2.45, 2.75) is 38.1 Å². The normalized spacial score (nSPS) is 18.4. The molecule has 0 saturated carbocycles. The molecule has 2 rings (SSSR count). The average molecular weight is 252 g/mol. The predicted molar refractivity (Wildman–Crippen MR) is 70.3 cm³/mol. The van der Waals surface area contributed by atoms with Crippen LogP contribution in [-0.4, -0.2) is 22.9 Å². The molecule has 0 unspecified atom stereocenters. The van der Waals surface area contributed by atoms with Crippen LogP contribution in [0.1, 0.15) is 42.6 Å². The minimum absolute atomic E-state index is 0.0198. The molecule has 17 heavy (non-hydrogen) atoms. The number of alkyl halides is 1. The van der Waals surface area contributed by atoms with E-state index in [2.05, 4.69) is 13.8 Å². The molecule has 1 aliphatic rings. The Kier molecular flexibility index (Phi) is 3.43. The molecule has 0 aliphatic carbocycles. The van der Waals surface area contributed by atoms with E-state index in [0.717, 1.165) is 30.5 Å². The maximum absolute atomic E-state index is 12.4. The number of likely N-dealkylation sites (tertiary alicyclic amines) is 1. The lowest BCUT2D eigenvalue weighted by atomic mass is 10.0. The van der Waals surface area contributed by atoms with E-state index in [1.54, 1.807) is 0 Å². The van der Waals surface area contributed by atoms with Gasteiger partial charge in [-0.2, -0.15) is 0 Å². The molecule has 1 heterocycles. The lowest BCUT2D eigenvalue weighted by Gasteiger charge is -2.31. The van der Waals surface area contributed by atoms with E-state index < -0.39 is 0 Å². The van der Waals surface area contributed by atoms with E-state index in [-0.39, 0.29) is 11.4 Å². The lowest BCUT2D eigenvalue weighted by Crippen LogP contribution is -2.42. The van der Waals surface area contributed by atoms with Gasteiger partial charge in [0.15, 0.2) is 0 Å². The van der Waals surface area contributed by atoms with E-state index in [1.165, 1.54) is 0 Å². The van der Waals surface area contributed by atoms with Crippen molar-refractivity contribution < 1.29 is 4.79 Å². The zero-order valence-corrected chi connectivity index (χ0v) is 11.1. The van der Waals surface area contributed by atoms with Crippen molar-refractivity contribution in [1.29, 1.82) is 0 Å². The minimum atomic E-state index is -0.0198. The number of carbonyl (C=O) groups is 1. The molecule has 1 aromatic rings. The number of nitrogens with zero attached hydrogens (tertiary/aromatic N) is 1. The summed E-state index contributed by atoms with van der Waals surface area (Å²) in [5, 5.41) is 0. The van der Waals surface area contributed by atoms with Crippen LogP contribution in [0.25, 0.3) is 0 Å². The van der Waals surface area contributed by atoms with Crippen LogP contribution in [0, 0.1) is 0 Å². The molecule has 0 N–H and O–H groups in total. The first-order valence-electron chi connectivity index (χ1n) is 6.01. The maximum Gasteiger partial charge on any atom is 0.254 e. The molecule has 1 saturated heterocycles. The Morgan fingerprint density at radius 3 is 2.82 bits per heavy atom. The molecular weight excluding hydrogens is 234 g/mol. The topological polar surface area (TPSA) is 20.3 Å². The van der Waals surface area contributed by atoms with Gasteiger partial charge in [-0.15, -0.1) is 11.6 Å². The van der Waals surface area contributed by atoms with E-state index in [1.807, 2.05) is 29.2 Å². The molecule has 1 amide bonds. The second kappa shape index (κ2) is 4.69. The summed E-state index contributed by atoms with van der Waals surface area (Å²) in [6, 6.07) is 7.60. The minimum Gasteiger partial charge on any atom is -0.334 e. The molecule has 1 aliphatic heterocycles. The Bertz CT molecular complexity index is 428. The Morgan fingerprint density at radius 1 is 1.47 bits per heavy atom. The van der Waals surface area contributed by atoms with Crippen LogP contribution >= 0.6 is 11.6 Å². The summed E-state index contributed by atoms with van der Waals surface area (Å²) in [5.74, 6) is 0.573.